The number of amides is 1. The van der Waals surface area contributed by atoms with Crippen LogP contribution in [0.5, 0.6) is 5.75 Å². The number of benzene rings is 1. The van der Waals surface area contributed by atoms with E-state index < -0.39 is 0 Å². The lowest BCUT2D eigenvalue weighted by molar-refractivity contribution is -0.117. The molecule has 1 unspecified atom stereocenters. The fourth-order valence-electron chi connectivity index (χ4n) is 3.83. The van der Waals surface area contributed by atoms with Gasteiger partial charge in [0.25, 0.3) is 5.91 Å². The minimum atomic E-state index is -0.374. The van der Waals surface area contributed by atoms with Crippen LogP contribution in [0.2, 0.25) is 0 Å². The second-order valence-corrected chi connectivity index (χ2v) is 7.85. The highest BCUT2D eigenvalue weighted by Gasteiger charge is 2.16. The molecule has 170 valence electrons. The number of hydrogen-bond acceptors (Lipinski definition) is 5. The Bertz CT molecular complexity index is 980. The number of nitrogens with zero attached hydrogens (tertiary/aromatic N) is 2. The zero-order chi connectivity index (χ0) is 22.9. The average molecular weight is 438 g/mol. The van der Waals surface area contributed by atoms with Gasteiger partial charge in [0, 0.05) is 36.8 Å². The normalized spacial score (nSPS) is 16.1. The van der Waals surface area contributed by atoms with Crippen LogP contribution < -0.4 is 10.1 Å². The molecule has 0 aliphatic carbocycles. The quantitative estimate of drug-likeness (QED) is 0.348. The monoisotopic (exact) mass is 437 g/mol. The molecule has 1 aromatic heterocycles. The fraction of sp³-hybridized carbons (Fsp3) is 0.440. The van der Waals surface area contributed by atoms with Crippen molar-refractivity contribution < 1.29 is 19.0 Å². The molecule has 2 heterocycles. The Balaban J connectivity index is 1.57. The zero-order valence-corrected chi connectivity index (χ0v) is 19.0. The molecular formula is C25H31N3O4. The lowest BCUT2D eigenvalue weighted by Crippen LogP contribution is -2.26. The molecule has 1 atom stereocenters. The van der Waals surface area contributed by atoms with Gasteiger partial charge in [0.15, 0.2) is 0 Å². The summed E-state index contributed by atoms with van der Waals surface area (Å²) in [5, 5.41) is 12.3. The lowest BCUT2D eigenvalue weighted by Gasteiger charge is -2.11. The van der Waals surface area contributed by atoms with Crippen LogP contribution in [0.1, 0.15) is 36.2 Å². The number of hydrogen-bond donors (Lipinski definition) is 1. The zero-order valence-electron chi connectivity index (χ0n) is 19.0. The van der Waals surface area contributed by atoms with Crippen molar-refractivity contribution in [2.45, 2.75) is 39.2 Å². The van der Waals surface area contributed by atoms with E-state index in [1.54, 1.807) is 13.2 Å². The van der Waals surface area contributed by atoms with Crippen molar-refractivity contribution >= 4 is 12.0 Å². The summed E-state index contributed by atoms with van der Waals surface area (Å²) in [4.78, 5) is 12.5. The number of nitriles is 1. The van der Waals surface area contributed by atoms with E-state index in [2.05, 4.69) is 9.88 Å². The maximum Gasteiger partial charge on any atom is 0.261 e. The van der Waals surface area contributed by atoms with E-state index in [4.69, 9.17) is 14.2 Å². The molecule has 1 amide bonds. The molecule has 7 heteroatoms. The minimum absolute atomic E-state index is 0.0836. The van der Waals surface area contributed by atoms with E-state index in [0.29, 0.717) is 26.2 Å². The van der Waals surface area contributed by atoms with Crippen LogP contribution in [0.25, 0.3) is 11.8 Å². The number of aryl methyl sites for hydroxylation is 1. The number of ether oxygens (including phenoxy) is 3. The van der Waals surface area contributed by atoms with Crippen LogP contribution in [0.3, 0.4) is 0 Å². The Morgan fingerprint density at radius 3 is 2.78 bits per heavy atom. The summed E-state index contributed by atoms with van der Waals surface area (Å²) >= 11 is 0. The second-order valence-electron chi connectivity index (χ2n) is 7.85. The molecule has 1 saturated heterocycles. The number of nitrogens with one attached hydrogen (secondary N) is 1. The largest absolute Gasteiger partial charge is 0.497 e. The van der Waals surface area contributed by atoms with Crippen molar-refractivity contribution in [1.82, 2.24) is 9.88 Å². The van der Waals surface area contributed by atoms with Crippen LogP contribution in [0.15, 0.2) is 35.9 Å². The molecule has 1 aromatic carbocycles. The third-order valence-electron chi connectivity index (χ3n) is 5.54. The first-order valence-corrected chi connectivity index (χ1v) is 11.0. The first-order valence-electron chi connectivity index (χ1n) is 11.0. The lowest BCUT2D eigenvalue weighted by atomic mass is 10.1. The molecule has 0 saturated carbocycles. The number of rotatable bonds is 10. The van der Waals surface area contributed by atoms with Crippen molar-refractivity contribution in [3.63, 3.8) is 0 Å². The SMILES string of the molecule is COc1ccc(-n2c(C)cc(/C=C(\C#N)C(=O)NCCCOCC3CCCO3)c2C)cc1. The summed E-state index contributed by atoms with van der Waals surface area (Å²) < 4.78 is 18.4. The highest BCUT2D eigenvalue weighted by atomic mass is 16.5. The van der Waals surface area contributed by atoms with E-state index in [9.17, 15) is 10.1 Å². The predicted molar refractivity (Wildman–Crippen MR) is 123 cm³/mol. The Morgan fingerprint density at radius 2 is 2.12 bits per heavy atom. The summed E-state index contributed by atoms with van der Waals surface area (Å²) in [5.41, 5.74) is 3.88. The van der Waals surface area contributed by atoms with Gasteiger partial charge in [0.1, 0.15) is 17.4 Å². The van der Waals surface area contributed by atoms with Crippen molar-refractivity contribution in [1.29, 1.82) is 5.26 Å². The summed E-state index contributed by atoms with van der Waals surface area (Å²) in [7, 11) is 1.64. The van der Waals surface area contributed by atoms with Crippen molar-refractivity contribution in [3.8, 4) is 17.5 Å². The van der Waals surface area contributed by atoms with Gasteiger partial charge in [-0.05, 0) is 75.1 Å². The van der Waals surface area contributed by atoms with Crippen LogP contribution in [0, 0.1) is 25.2 Å². The molecule has 0 bridgehead atoms. The summed E-state index contributed by atoms with van der Waals surface area (Å²) in [6.45, 7) is 6.39. The first-order chi connectivity index (χ1) is 15.5. The predicted octanol–water partition coefficient (Wildman–Crippen LogP) is 3.71. The van der Waals surface area contributed by atoms with Gasteiger partial charge in [-0.1, -0.05) is 0 Å². The molecule has 0 spiro atoms. The van der Waals surface area contributed by atoms with Gasteiger partial charge in [-0.15, -0.1) is 0 Å². The Labute approximate surface area is 189 Å². The Kier molecular flexibility index (Phi) is 8.48. The highest BCUT2D eigenvalue weighted by molar-refractivity contribution is 6.01. The molecule has 2 aromatic rings. The van der Waals surface area contributed by atoms with Crippen molar-refractivity contribution in [2.24, 2.45) is 0 Å². The maximum atomic E-state index is 12.5. The van der Waals surface area contributed by atoms with Gasteiger partial charge in [0.2, 0.25) is 0 Å². The number of carbonyl (C=O) groups is 1. The van der Waals surface area contributed by atoms with E-state index in [1.165, 1.54) is 0 Å². The molecule has 0 radical (unpaired) electrons. The third-order valence-corrected chi connectivity index (χ3v) is 5.54. The van der Waals surface area contributed by atoms with Gasteiger partial charge in [0.05, 0.1) is 19.8 Å². The molecule has 32 heavy (non-hydrogen) atoms. The molecule has 1 N–H and O–H groups in total. The standard InChI is InChI=1S/C25H31N3O4/c1-18-14-20(19(2)28(18)22-7-9-23(30-3)10-8-22)15-21(16-26)25(29)27-11-5-12-31-17-24-6-4-13-32-24/h7-10,14-15,24H,4-6,11-13,17H2,1-3H3,(H,27,29)/b21-15+. The molecule has 3 rings (SSSR count). The Morgan fingerprint density at radius 1 is 1.34 bits per heavy atom. The topological polar surface area (TPSA) is 85.5 Å². The van der Waals surface area contributed by atoms with Gasteiger partial charge in [-0.2, -0.15) is 5.26 Å². The van der Waals surface area contributed by atoms with Crippen LogP contribution in [0.4, 0.5) is 0 Å². The number of methoxy groups -OCH3 is 1. The smallest absolute Gasteiger partial charge is 0.261 e. The maximum absolute atomic E-state index is 12.5. The summed E-state index contributed by atoms with van der Waals surface area (Å²) in [5.74, 6) is 0.415. The van der Waals surface area contributed by atoms with E-state index in [-0.39, 0.29) is 17.6 Å². The fourth-order valence-corrected chi connectivity index (χ4v) is 3.83. The van der Waals surface area contributed by atoms with Crippen molar-refractivity contribution in [2.75, 3.05) is 33.5 Å². The van der Waals surface area contributed by atoms with Crippen molar-refractivity contribution in [3.05, 3.63) is 52.9 Å². The van der Waals surface area contributed by atoms with Gasteiger partial charge in [-0.3, -0.25) is 4.79 Å². The molecule has 1 aliphatic rings. The Hall–Kier alpha value is -3.08. The van der Waals surface area contributed by atoms with E-state index >= 15 is 0 Å². The summed E-state index contributed by atoms with van der Waals surface area (Å²) in [6, 6.07) is 11.8. The van der Waals surface area contributed by atoms with Gasteiger partial charge in [-0.25, -0.2) is 0 Å². The van der Waals surface area contributed by atoms with Crippen LogP contribution in [-0.2, 0) is 14.3 Å². The van der Waals surface area contributed by atoms with E-state index in [0.717, 1.165) is 47.8 Å². The first kappa shape index (κ1) is 23.6. The minimum Gasteiger partial charge on any atom is -0.497 e. The second kappa shape index (κ2) is 11.5. The average Bonchev–Trinajstić information content (AvgIpc) is 3.42. The third kappa shape index (κ3) is 6.00. The molecule has 7 nitrogen and oxygen atoms in total. The van der Waals surface area contributed by atoms with Crippen LogP contribution >= 0.6 is 0 Å². The number of carbonyl (C=O) groups excluding carboxylic acids is 1. The molecule has 1 aliphatic heterocycles. The van der Waals surface area contributed by atoms with Crippen LogP contribution in [-0.4, -0.2) is 50.1 Å². The van der Waals surface area contributed by atoms with Gasteiger partial charge < -0.3 is 24.1 Å². The van der Waals surface area contributed by atoms with E-state index in [1.807, 2.05) is 50.2 Å². The summed E-state index contributed by atoms with van der Waals surface area (Å²) in [6.07, 6.45) is 4.67. The highest BCUT2D eigenvalue weighted by Crippen LogP contribution is 2.24. The molecule has 1 fully saturated rings. The van der Waals surface area contributed by atoms with Gasteiger partial charge >= 0.3 is 0 Å². The number of aromatic nitrogens is 1. The molecular weight excluding hydrogens is 406 g/mol.